The molecule has 4 unspecified atom stereocenters. The van der Waals surface area contributed by atoms with Gasteiger partial charge in [0.05, 0.1) is 19.8 Å². The summed E-state index contributed by atoms with van der Waals surface area (Å²) in [5, 5.41) is 72.3. The number of rotatable bonds is 46. The quantitative estimate of drug-likeness (QED) is 0.0171. The van der Waals surface area contributed by atoms with E-state index in [0.29, 0.717) is 12.8 Å². The van der Waals surface area contributed by atoms with Crippen LogP contribution in [0.1, 0.15) is 219 Å². The van der Waals surface area contributed by atoms with Crippen molar-refractivity contribution in [3.8, 4) is 0 Å². The molecule has 11 atom stereocenters. The van der Waals surface area contributed by atoms with Gasteiger partial charge < -0.3 is 64.2 Å². The van der Waals surface area contributed by atoms with E-state index >= 15 is 0 Å². The van der Waals surface area contributed by atoms with Crippen molar-refractivity contribution >= 4 is 11.9 Å². The molecule has 430 valence electrons. The average Bonchev–Trinajstić information content (AvgIpc) is 3.39. The third-order valence-corrected chi connectivity index (χ3v) is 13.8. The monoisotopic (exact) mass is 1050 g/mol. The molecule has 0 aromatic heterocycles. The van der Waals surface area contributed by atoms with Crippen LogP contribution < -0.4 is 0 Å². The maximum absolute atomic E-state index is 13.1. The number of unbranched alkanes of at least 4 members (excludes halogenated alkanes) is 24. The minimum absolute atomic E-state index is 0.139. The molecule has 2 aliphatic rings. The van der Waals surface area contributed by atoms with Crippen LogP contribution in [0.25, 0.3) is 0 Å². The molecule has 15 nitrogen and oxygen atoms in total. The number of ether oxygens (including phenoxy) is 6. The molecule has 74 heavy (non-hydrogen) atoms. The Morgan fingerprint density at radius 1 is 0.432 bits per heavy atom. The lowest BCUT2D eigenvalue weighted by atomic mass is 9.98. The van der Waals surface area contributed by atoms with Gasteiger partial charge in [-0.05, 0) is 77.0 Å². The number of hydrogen-bond acceptors (Lipinski definition) is 15. The van der Waals surface area contributed by atoms with Gasteiger partial charge >= 0.3 is 11.9 Å². The van der Waals surface area contributed by atoms with E-state index in [4.69, 9.17) is 28.4 Å². The Hall–Kier alpha value is -2.54. The number of carbonyl (C=O) groups excluding carboxylic acids is 2. The van der Waals surface area contributed by atoms with Crippen LogP contribution in [0.4, 0.5) is 0 Å². The van der Waals surface area contributed by atoms with Crippen molar-refractivity contribution in [1.29, 1.82) is 0 Å². The molecule has 0 bridgehead atoms. The normalized spacial score (nSPS) is 25.0. The highest BCUT2D eigenvalue weighted by molar-refractivity contribution is 5.70. The summed E-state index contributed by atoms with van der Waals surface area (Å²) in [5.41, 5.74) is 0. The number of hydrogen-bond donors (Lipinski definition) is 7. The van der Waals surface area contributed by atoms with E-state index in [0.717, 1.165) is 64.2 Å². The molecule has 15 heteroatoms. The minimum Gasteiger partial charge on any atom is -0.462 e. The van der Waals surface area contributed by atoms with Crippen molar-refractivity contribution in [2.45, 2.75) is 287 Å². The first-order valence-corrected chi connectivity index (χ1v) is 29.2. The van der Waals surface area contributed by atoms with Gasteiger partial charge in [-0.1, -0.05) is 178 Å². The van der Waals surface area contributed by atoms with E-state index in [1.165, 1.54) is 116 Å². The molecule has 0 radical (unpaired) electrons. The van der Waals surface area contributed by atoms with Crippen LogP contribution in [0.15, 0.2) is 48.6 Å². The van der Waals surface area contributed by atoms with Gasteiger partial charge in [-0.2, -0.15) is 0 Å². The van der Waals surface area contributed by atoms with Gasteiger partial charge in [-0.15, -0.1) is 0 Å². The third kappa shape index (κ3) is 32.3. The SMILES string of the molecule is CCCCC/C=C/C/C=C/C/C=C/CCCCCCC(=O)O[C@@H](COC(=O)CCCCCCCCCCCCC/C=C/CCCCCCCC)CO[C@@H]1O[C@H](CO[C@@H]2O[C@H](CO)[C@H](O)C(O)C2O)[C@H](O)C(O)C1O. The molecule has 7 N–H and O–H groups in total. The van der Waals surface area contributed by atoms with E-state index in [-0.39, 0.29) is 19.4 Å². The van der Waals surface area contributed by atoms with Crippen LogP contribution in [0, 0.1) is 0 Å². The molecule has 0 aromatic rings. The van der Waals surface area contributed by atoms with E-state index in [9.17, 15) is 45.3 Å². The third-order valence-electron chi connectivity index (χ3n) is 13.8. The first-order chi connectivity index (χ1) is 36.0. The Labute approximate surface area is 446 Å². The van der Waals surface area contributed by atoms with Crippen LogP contribution in [-0.2, 0) is 38.0 Å². The van der Waals surface area contributed by atoms with Crippen molar-refractivity contribution in [2.24, 2.45) is 0 Å². The molecule has 0 amide bonds. The number of aliphatic hydroxyl groups excluding tert-OH is 7. The standard InChI is InChI=1S/C59H104O15/c1-3-5-7-9-11-13-15-17-19-21-22-23-24-26-27-29-31-33-35-37-39-41-50(61)69-44-47(72-51(62)42-40-38-36-34-32-30-28-25-20-18-16-14-12-10-8-6-4-2)45-70-58-57(68)55(66)53(64)49(74-58)46-71-59-56(67)54(65)52(63)48(43-60)73-59/h12,14,17-20,28,30,47-49,52-60,63-68H,3-11,13,15-16,21-27,29,31-46H2,1-2H3/b14-12+,19-17+,20-18+,30-28+/t47-,48+,49+,52-,53-,54?,55?,56?,57?,58+,59+/m0/s1. The maximum atomic E-state index is 13.1. The lowest BCUT2D eigenvalue weighted by Gasteiger charge is -2.42. The summed E-state index contributed by atoms with van der Waals surface area (Å²) < 4.78 is 33.7. The Bertz CT molecular complexity index is 1470. The van der Waals surface area contributed by atoms with Crippen molar-refractivity contribution in [1.82, 2.24) is 0 Å². The zero-order valence-corrected chi connectivity index (χ0v) is 45.8. The summed E-state index contributed by atoms with van der Waals surface area (Å²) >= 11 is 0. The molecule has 2 rings (SSSR count). The Morgan fingerprint density at radius 2 is 0.811 bits per heavy atom. The second-order valence-corrected chi connectivity index (χ2v) is 20.5. The molecule has 0 aliphatic carbocycles. The second kappa shape index (κ2) is 45.5. The van der Waals surface area contributed by atoms with E-state index in [1.54, 1.807) is 0 Å². The number of allylic oxidation sites excluding steroid dienone is 8. The molecule has 0 spiro atoms. The summed E-state index contributed by atoms with van der Waals surface area (Å²) in [7, 11) is 0. The van der Waals surface area contributed by atoms with Gasteiger partial charge in [0.25, 0.3) is 0 Å². The molecule has 0 saturated carbocycles. The van der Waals surface area contributed by atoms with Crippen LogP contribution in [0.2, 0.25) is 0 Å². The number of esters is 2. The average molecular weight is 1050 g/mol. The lowest BCUT2D eigenvalue weighted by Crippen LogP contribution is -2.61. The van der Waals surface area contributed by atoms with Crippen LogP contribution >= 0.6 is 0 Å². The van der Waals surface area contributed by atoms with Gasteiger partial charge in [0.1, 0.15) is 55.4 Å². The molecular formula is C59H104O15. The zero-order chi connectivity index (χ0) is 53.9. The molecular weight excluding hydrogens is 949 g/mol. The fourth-order valence-electron chi connectivity index (χ4n) is 8.98. The highest BCUT2D eigenvalue weighted by atomic mass is 16.7. The molecule has 2 aliphatic heterocycles. The molecule has 2 saturated heterocycles. The number of aliphatic hydroxyl groups is 7. The van der Waals surface area contributed by atoms with Crippen molar-refractivity contribution in [3.63, 3.8) is 0 Å². The highest BCUT2D eigenvalue weighted by Gasteiger charge is 2.47. The zero-order valence-electron chi connectivity index (χ0n) is 45.8. The summed E-state index contributed by atoms with van der Waals surface area (Å²) in [6.07, 6.45) is 35.6. The van der Waals surface area contributed by atoms with Gasteiger partial charge in [-0.25, -0.2) is 0 Å². The Morgan fingerprint density at radius 3 is 1.31 bits per heavy atom. The highest BCUT2D eigenvalue weighted by Crippen LogP contribution is 2.27. The van der Waals surface area contributed by atoms with E-state index < -0.39 is 99.3 Å². The number of carbonyl (C=O) groups is 2. The topological polar surface area (TPSA) is 231 Å². The Kier molecular flexibility index (Phi) is 41.5. The van der Waals surface area contributed by atoms with Gasteiger partial charge in [0, 0.05) is 12.8 Å². The first-order valence-electron chi connectivity index (χ1n) is 29.2. The van der Waals surface area contributed by atoms with Crippen LogP contribution in [0.3, 0.4) is 0 Å². The summed E-state index contributed by atoms with van der Waals surface area (Å²) in [4.78, 5) is 25.9. The minimum atomic E-state index is -1.77. The lowest BCUT2D eigenvalue weighted by molar-refractivity contribution is -0.332. The fourth-order valence-corrected chi connectivity index (χ4v) is 8.98. The smallest absolute Gasteiger partial charge is 0.306 e. The van der Waals surface area contributed by atoms with E-state index in [1.807, 2.05) is 0 Å². The Balaban J connectivity index is 1.76. The van der Waals surface area contributed by atoms with Gasteiger partial charge in [0.15, 0.2) is 18.7 Å². The van der Waals surface area contributed by atoms with Crippen LogP contribution in [-0.4, -0.2) is 142 Å². The summed E-state index contributed by atoms with van der Waals surface area (Å²) in [6.45, 7) is 2.56. The van der Waals surface area contributed by atoms with E-state index in [2.05, 4.69) is 62.5 Å². The summed E-state index contributed by atoms with van der Waals surface area (Å²) in [5.74, 6) is -0.946. The van der Waals surface area contributed by atoms with Crippen LogP contribution in [0.5, 0.6) is 0 Å². The summed E-state index contributed by atoms with van der Waals surface area (Å²) in [6, 6.07) is 0. The first kappa shape index (κ1) is 67.6. The molecule has 2 fully saturated rings. The predicted octanol–water partition coefficient (Wildman–Crippen LogP) is 9.83. The molecule has 2 heterocycles. The van der Waals surface area contributed by atoms with Gasteiger partial charge in [0.2, 0.25) is 0 Å². The van der Waals surface area contributed by atoms with Gasteiger partial charge in [-0.3, -0.25) is 9.59 Å². The molecule has 0 aromatic carbocycles. The van der Waals surface area contributed by atoms with Crippen molar-refractivity contribution < 1.29 is 73.8 Å². The fraction of sp³-hybridized carbons (Fsp3) is 0.831. The maximum Gasteiger partial charge on any atom is 0.306 e. The van der Waals surface area contributed by atoms with Crippen molar-refractivity contribution in [3.05, 3.63) is 48.6 Å². The second-order valence-electron chi connectivity index (χ2n) is 20.5. The van der Waals surface area contributed by atoms with Crippen molar-refractivity contribution in [2.75, 3.05) is 26.4 Å². The largest absolute Gasteiger partial charge is 0.462 e. The predicted molar refractivity (Wildman–Crippen MR) is 289 cm³/mol.